The highest BCUT2D eigenvalue weighted by atomic mass is 16.5. The normalized spacial score (nSPS) is 9.68. The predicted octanol–water partition coefficient (Wildman–Crippen LogP) is 2.33. The Balaban J connectivity index is 0. The second kappa shape index (κ2) is 16.2. The Labute approximate surface area is 147 Å². The van der Waals surface area contributed by atoms with Gasteiger partial charge in [-0.1, -0.05) is 33.3 Å². The summed E-state index contributed by atoms with van der Waals surface area (Å²) in [5.74, 6) is -3.44. The minimum atomic E-state index is -1.26. The van der Waals surface area contributed by atoms with Crippen molar-refractivity contribution in [3.8, 4) is 0 Å². The Bertz CT molecular complexity index is 463. The Morgan fingerprint density at radius 3 is 1.72 bits per heavy atom. The summed E-state index contributed by atoms with van der Waals surface area (Å²) in [6.45, 7) is 8.32. The molecule has 0 saturated heterocycles. The van der Waals surface area contributed by atoms with Gasteiger partial charge in [-0.05, 0) is 12.8 Å². The van der Waals surface area contributed by atoms with E-state index in [0.29, 0.717) is 25.4 Å². The number of hydrogen-bond acceptors (Lipinski definition) is 6. The van der Waals surface area contributed by atoms with Gasteiger partial charge in [0.1, 0.15) is 0 Å². The number of carbonyl (C=O) groups is 4. The lowest BCUT2D eigenvalue weighted by Gasteiger charge is -2.07. The van der Waals surface area contributed by atoms with Gasteiger partial charge >= 0.3 is 23.9 Å². The third kappa shape index (κ3) is 19.3. The lowest BCUT2D eigenvalue weighted by Crippen LogP contribution is -2.13. The molecule has 0 atom stereocenters. The lowest BCUT2D eigenvalue weighted by atomic mass is 10.2. The molecule has 0 spiro atoms. The molecule has 0 aliphatic heterocycles. The van der Waals surface area contributed by atoms with Gasteiger partial charge in [-0.3, -0.25) is 4.79 Å². The summed E-state index contributed by atoms with van der Waals surface area (Å²) in [6, 6.07) is 0. The van der Waals surface area contributed by atoms with Gasteiger partial charge in [-0.25, -0.2) is 14.4 Å². The van der Waals surface area contributed by atoms with Crippen LogP contribution in [0.2, 0.25) is 0 Å². The molecule has 0 unspecified atom stereocenters. The monoisotopic (exact) mass is 358 g/mol. The van der Waals surface area contributed by atoms with Crippen LogP contribution in [0.25, 0.3) is 0 Å². The van der Waals surface area contributed by atoms with Gasteiger partial charge in [-0.2, -0.15) is 0 Å². The summed E-state index contributed by atoms with van der Waals surface area (Å²) < 4.78 is 9.85. The Kier molecular flexibility index (Phi) is 16.0. The van der Waals surface area contributed by atoms with Crippen LogP contribution >= 0.6 is 0 Å². The van der Waals surface area contributed by atoms with Crippen LogP contribution in [0.1, 0.15) is 46.0 Å². The smallest absolute Gasteiger partial charge is 0.333 e. The summed E-state index contributed by atoms with van der Waals surface area (Å²) in [7, 11) is 0. The molecule has 0 aliphatic carbocycles. The van der Waals surface area contributed by atoms with Crippen molar-refractivity contribution in [2.75, 3.05) is 13.2 Å². The number of ether oxygens (including phenoxy) is 2. The van der Waals surface area contributed by atoms with Gasteiger partial charge in [-0.15, -0.1) is 0 Å². The topological polar surface area (TPSA) is 127 Å². The van der Waals surface area contributed by atoms with E-state index in [0.717, 1.165) is 25.7 Å². The van der Waals surface area contributed by atoms with Crippen LogP contribution in [-0.4, -0.2) is 47.3 Å². The molecule has 0 radical (unpaired) electrons. The number of esters is 2. The van der Waals surface area contributed by atoms with E-state index in [4.69, 9.17) is 19.7 Å². The molecule has 25 heavy (non-hydrogen) atoms. The molecular formula is C17H26O8. The number of aliphatic carboxylic acids is 2. The molecule has 0 aromatic rings. The first-order chi connectivity index (χ1) is 11.7. The molecule has 8 nitrogen and oxygen atoms in total. The fourth-order valence-corrected chi connectivity index (χ4v) is 1.18. The number of carboxylic acid groups (broad SMARTS) is 2. The molecule has 0 aromatic carbocycles. The van der Waals surface area contributed by atoms with Crippen LogP contribution in [0.5, 0.6) is 0 Å². The van der Waals surface area contributed by atoms with E-state index in [1.807, 2.05) is 13.8 Å². The molecule has 0 aliphatic rings. The molecule has 0 aromatic heterocycles. The van der Waals surface area contributed by atoms with Crippen LogP contribution in [0.3, 0.4) is 0 Å². The van der Waals surface area contributed by atoms with Crippen molar-refractivity contribution < 1.29 is 38.9 Å². The largest absolute Gasteiger partial charge is 0.478 e. The quantitative estimate of drug-likeness (QED) is 0.327. The predicted molar refractivity (Wildman–Crippen MR) is 89.9 cm³/mol. The second-order valence-electron chi connectivity index (χ2n) is 4.85. The standard InChI is InChI=1S/C13H22O4.C4H4O4/c1-4-6-8-16-12(14)10-11(3)13(15)17-9-7-5-2;5-3(6)1-2-4(7)8/h3-10H2,1-2H3;1-2H,(H,5,6)(H,7,8)/b;2-1-. The van der Waals surface area contributed by atoms with Gasteiger partial charge in [0.15, 0.2) is 0 Å². The van der Waals surface area contributed by atoms with Gasteiger partial charge in [0.25, 0.3) is 0 Å². The first-order valence-corrected chi connectivity index (χ1v) is 7.88. The van der Waals surface area contributed by atoms with Crippen LogP contribution in [0.15, 0.2) is 24.3 Å². The van der Waals surface area contributed by atoms with Crippen LogP contribution < -0.4 is 0 Å². The Morgan fingerprint density at radius 2 is 1.32 bits per heavy atom. The first kappa shape index (κ1) is 24.6. The second-order valence-corrected chi connectivity index (χ2v) is 4.85. The molecular weight excluding hydrogens is 332 g/mol. The molecule has 0 fully saturated rings. The molecule has 8 heteroatoms. The molecule has 0 saturated carbocycles. The summed E-state index contributed by atoms with van der Waals surface area (Å²) in [4.78, 5) is 41.7. The van der Waals surface area contributed by atoms with Crippen molar-refractivity contribution in [1.29, 1.82) is 0 Å². The van der Waals surface area contributed by atoms with E-state index in [1.165, 1.54) is 0 Å². The maximum atomic E-state index is 11.4. The van der Waals surface area contributed by atoms with Crippen molar-refractivity contribution in [2.45, 2.75) is 46.0 Å². The van der Waals surface area contributed by atoms with Gasteiger partial charge < -0.3 is 19.7 Å². The third-order valence-corrected chi connectivity index (χ3v) is 2.51. The minimum absolute atomic E-state index is 0.0886. The molecule has 142 valence electrons. The summed E-state index contributed by atoms with van der Waals surface area (Å²) in [6.07, 6.45) is 4.60. The summed E-state index contributed by atoms with van der Waals surface area (Å²) in [5.41, 5.74) is 0.155. The Hall–Kier alpha value is -2.64. The average molecular weight is 358 g/mol. The van der Waals surface area contributed by atoms with Crippen molar-refractivity contribution in [3.63, 3.8) is 0 Å². The van der Waals surface area contributed by atoms with E-state index in [1.54, 1.807) is 0 Å². The molecule has 0 rings (SSSR count). The van der Waals surface area contributed by atoms with Crippen LogP contribution in [0.4, 0.5) is 0 Å². The maximum absolute atomic E-state index is 11.4. The number of hydrogen-bond donors (Lipinski definition) is 2. The molecule has 0 bridgehead atoms. The van der Waals surface area contributed by atoms with Crippen molar-refractivity contribution in [1.82, 2.24) is 0 Å². The zero-order chi connectivity index (χ0) is 19.7. The zero-order valence-corrected chi connectivity index (χ0v) is 14.7. The van der Waals surface area contributed by atoms with E-state index in [9.17, 15) is 19.2 Å². The highest BCUT2D eigenvalue weighted by Crippen LogP contribution is 2.04. The third-order valence-electron chi connectivity index (χ3n) is 2.51. The van der Waals surface area contributed by atoms with Crippen molar-refractivity contribution in [3.05, 3.63) is 24.3 Å². The van der Waals surface area contributed by atoms with Gasteiger partial charge in [0, 0.05) is 17.7 Å². The minimum Gasteiger partial charge on any atom is -0.478 e. The van der Waals surface area contributed by atoms with Crippen LogP contribution in [0, 0.1) is 0 Å². The van der Waals surface area contributed by atoms with Gasteiger partial charge in [0.05, 0.1) is 19.6 Å². The van der Waals surface area contributed by atoms with Crippen molar-refractivity contribution >= 4 is 23.9 Å². The fourth-order valence-electron chi connectivity index (χ4n) is 1.18. The highest BCUT2D eigenvalue weighted by molar-refractivity contribution is 5.93. The number of rotatable bonds is 11. The summed E-state index contributed by atoms with van der Waals surface area (Å²) in [5, 5.41) is 15.6. The van der Waals surface area contributed by atoms with Crippen LogP contribution in [-0.2, 0) is 28.7 Å². The van der Waals surface area contributed by atoms with E-state index in [-0.39, 0.29) is 12.0 Å². The highest BCUT2D eigenvalue weighted by Gasteiger charge is 2.13. The zero-order valence-electron chi connectivity index (χ0n) is 14.7. The molecule has 0 amide bonds. The SMILES string of the molecule is C=C(CC(=O)OCCCC)C(=O)OCCCC.O=C(O)/C=C\C(=O)O. The number of carboxylic acids is 2. The summed E-state index contributed by atoms with van der Waals surface area (Å²) >= 11 is 0. The average Bonchev–Trinajstić information content (AvgIpc) is 2.53. The van der Waals surface area contributed by atoms with E-state index >= 15 is 0 Å². The van der Waals surface area contributed by atoms with Crippen molar-refractivity contribution in [2.24, 2.45) is 0 Å². The number of carbonyl (C=O) groups excluding carboxylic acids is 2. The lowest BCUT2D eigenvalue weighted by molar-refractivity contribution is -0.146. The first-order valence-electron chi connectivity index (χ1n) is 7.88. The molecule has 0 heterocycles. The Morgan fingerprint density at radius 1 is 0.880 bits per heavy atom. The van der Waals surface area contributed by atoms with E-state index in [2.05, 4.69) is 6.58 Å². The molecule has 2 N–H and O–H groups in total. The van der Waals surface area contributed by atoms with E-state index < -0.39 is 23.9 Å². The fraction of sp³-hybridized carbons (Fsp3) is 0.529. The van der Waals surface area contributed by atoms with Gasteiger partial charge in [0.2, 0.25) is 0 Å². The number of unbranched alkanes of at least 4 members (excludes halogenated alkanes) is 2. The maximum Gasteiger partial charge on any atom is 0.333 e.